The second-order valence-electron chi connectivity index (χ2n) is 5.27. The summed E-state index contributed by atoms with van der Waals surface area (Å²) in [6.45, 7) is 7.18. The van der Waals surface area contributed by atoms with E-state index in [0.29, 0.717) is 12.0 Å². The molecule has 1 unspecified atom stereocenters. The van der Waals surface area contributed by atoms with Crippen molar-refractivity contribution in [2.75, 3.05) is 20.6 Å². The minimum Gasteiger partial charge on any atom is -0.354 e. The third kappa shape index (κ3) is 6.62. The van der Waals surface area contributed by atoms with E-state index in [-0.39, 0.29) is 12.5 Å². The summed E-state index contributed by atoms with van der Waals surface area (Å²) in [7, 11) is 3.48. The summed E-state index contributed by atoms with van der Waals surface area (Å²) in [5.41, 5.74) is 0. The Morgan fingerprint density at radius 2 is 2.14 bits per heavy atom. The molecule has 0 aromatic carbocycles. The molecule has 2 N–H and O–H groups in total. The number of hydrogen-bond acceptors (Lipinski definition) is 3. The number of nitrogens with zero attached hydrogens (tertiary/aromatic N) is 2. The Labute approximate surface area is 131 Å². The van der Waals surface area contributed by atoms with Crippen molar-refractivity contribution in [3.05, 3.63) is 21.9 Å². The smallest absolute Gasteiger partial charge is 0.243 e. The maximum Gasteiger partial charge on any atom is 0.243 e. The molecule has 118 valence electrons. The van der Waals surface area contributed by atoms with Crippen LogP contribution in [0.25, 0.3) is 0 Å². The minimum atomic E-state index is -0.00720. The van der Waals surface area contributed by atoms with Crippen LogP contribution in [-0.2, 0) is 11.3 Å². The molecule has 0 aliphatic heterocycles. The number of aryl methyl sites for hydroxylation is 1. The standard InChI is InChI=1S/C15H26N4OS/c1-6-11(2)18-15(17-10-14(20)19(4)5)16-9-13-8-7-12(3)21-13/h7-8,11H,6,9-10H2,1-5H3,(H2,16,17,18). The van der Waals surface area contributed by atoms with E-state index in [0.717, 1.165) is 13.0 Å². The van der Waals surface area contributed by atoms with Crippen molar-refractivity contribution in [2.24, 2.45) is 4.99 Å². The molecule has 0 radical (unpaired) electrons. The van der Waals surface area contributed by atoms with Gasteiger partial charge in [-0.05, 0) is 32.4 Å². The molecule has 5 nitrogen and oxygen atoms in total. The molecular weight excluding hydrogens is 284 g/mol. The van der Waals surface area contributed by atoms with Crippen LogP contribution in [0.5, 0.6) is 0 Å². The van der Waals surface area contributed by atoms with E-state index in [4.69, 9.17) is 0 Å². The molecule has 1 amide bonds. The summed E-state index contributed by atoms with van der Waals surface area (Å²) >= 11 is 1.76. The number of likely N-dealkylation sites (N-methyl/N-ethyl adjacent to an activating group) is 1. The van der Waals surface area contributed by atoms with Gasteiger partial charge >= 0.3 is 0 Å². The molecule has 1 heterocycles. The number of guanidine groups is 1. The Morgan fingerprint density at radius 1 is 1.43 bits per heavy atom. The van der Waals surface area contributed by atoms with Crippen LogP contribution in [0.2, 0.25) is 0 Å². The first kappa shape index (κ1) is 17.5. The Balaban J connectivity index is 2.62. The highest BCUT2D eigenvalue weighted by atomic mass is 32.1. The van der Waals surface area contributed by atoms with Crippen molar-refractivity contribution in [1.29, 1.82) is 0 Å². The quantitative estimate of drug-likeness (QED) is 0.624. The number of hydrogen-bond donors (Lipinski definition) is 2. The molecule has 0 aliphatic rings. The first-order chi connectivity index (χ1) is 9.92. The number of aliphatic imine (C=N–C) groups is 1. The Bertz CT molecular complexity index is 482. The van der Waals surface area contributed by atoms with E-state index in [1.807, 2.05) is 0 Å². The summed E-state index contributed by atoms with van der Waals surface area (Å²) in [4.78, 5) is 20.1. The second kappa shape index (κ2) is 8.67. The van der Waals surface area contributed by atoms with Gasteiger partial charge in [-0.15, -0.1) is 11.3 Å². The first-order valence-corrected chi connectivity index (χ1v) is 8.04. The molecule has 6 heteroatoms. The van der Waals surface area contributed by atoms with Crippen LogP contribution >= 0.6 is 11.3 Å². The van der Waals surface area contributed by atoms with Crippen LogP contribution < -0.4 is 10.6 Å². The predicted octanol–water partition coefficient (Wildman–Crippen LogP) is 1.98. The highest BCUT2D eigenvalue weighted by molar-refractivity contribution is 7.11. The van der Waals surface area contributed by atoms with E-state index in [2.05, 4.69) is 48.5 Å². The van der Waals surface area contributed by atoms with Gasteiger partial charge in [0.15, 0.2) is 5.96 Å². The van der Waals surface area contributed by atoms with E-state index in [1.165, 1.54) is 9.75 Å². The van der Waals surface area contributed by atoms with Crippen molar-refractivity contribution >= 4 is 23.2 Å². The van der Waals surface area contributed by atoms with Crippen molar-refractivity contribution in [2.45, 2.75) is 39.8 Å². The van der Waals surface area contributed by atoms with Gasteiger partial charge in [-0.3, -0.25) is 4.79 Å². The van der Waals surface area contributed by atoms with E-state index in [1.54, 1.807) is 30.3 Å². The second-order valence-corrected chi connectivity index (χ2v) is 6.64. The molecule has 0 spiro atoms. The lowest BCUT2D eigenvalue weighted by Gasteiger charge is -2.17. The normalized spacial score (nSPS) is 12.9. The zero-order chi connectivity index (χ0) is 15.8. The molecule has 0 fully saturated rings. The zero-order valence-corrected chi connectivity index (χ0v) is 14.4. The van der Waals surface area contributed by atoms with Crippen LogP contribution in [0.1, 0.15) is 30.0 Å². The Morgan fingerprint density at radius 3 is 2.67 bits per heavy atom. The number of thiophene rings is 1. The van der Waals surface area contributed by atoms with Crippen LogP contribution in [0.3, 0.4) is 0 Å². The SMILES string of the molecule is CCC(C)NC(=NCC(=O)N(C)C)NCc1ccc(C)s1. The zero-order valence-electron chi connectivity index (χ0n) is 13.6. The van der Waals surface area contributed by atoms with Crippen LogP contribution in [0.15, 0.2) is 17.1 Å². The van der Waals surface area contributed by atoms with Gasteiger partial charge in [0, 0.05) is 29.9 Å². The predicted molar refractivity (Wildman–Crippen MR) is 89.8 cm³/mol. The topological polar surface area (TPSA) is 56.7 Å². The fraction of sp³-hybridized carbons (Fsp3) is 0.600. The third-order valence-electron chi connectivity index (χ3n) is 3.09. The van der Waals surface area contributed by atoms with Gasteiger partial charge in [0.2, 0.25) is 5.91 Å². The fourth-order valence-electron chi connectivity index (χ4n) is 1.53. The van der Waals surface area contributed by atoms with Gasteiger partial charge < -0.3 is 15.5 Å². The van der Waals surface area contributed by atoms with Gasteiger partial charge in [-0.1, -0.05) is 6.92 Å². The van der Waals surface area contributed by atoms with Gasteiger partial charge in [0.1, 0.15) is 6.54 Å². The Hall–Kier alpha value is -1.56. The average Bonchev–Trinajstić information content (AvgIpc) is 2.86. The van der Waals surface area contributed by atoms with Crippen molar-refractivity contribution in [3.8, 4) is 0 Å². The molecule has 1 aromatic rings. The molecule has 1 atom stereocenters. The molecule has 21 heavy (non-hydrogen) atoms. The highest BCUT2D eigenvalue weighted by Gasteiger charge is 2.07. The van der Waals surface area contributed by atoms with Crippen LogP contribution in [-0.4, -0.2) is 43.4 Å². The number of carbonyl (C=O) groups is 1. The number of rotatable bonds is 6. The van der Waals surface area contributed by atoms with Crippen LogP contribution in [0, 0.1) is 6.92 Å². The van der Waals surface area contributed by atoms with Gasteiger partial charge in [-0.2, -0.15) is 0 Å². The lowest BCUT2D eigenvalue weighted by molar-refractivity contribution is -0.127. The minimum absolute atomic E-state index is 0.00720. The summed E-state index contributed by atoms with van der Waals surface area (Å²) in [5, 5.41) is 6.60. The maximum atomic E-state index is 11.6. The fourth-order valence-corrected chi connectivity index (χ4v) is 2.36. The Kier molecular flexibility index (Phi) is 7.22. The van der Waals surface area contributed by atoms with Gasteiger partial charge in [0.05, 0.1) is 6.54 Å². The molecule has 1 aromatic heterocycles. The average molecular weight is 310 g/mol. The van der Waals surface area contributed by atoms with Gasteiger partial charge in [0.25, 0.3) is 0 Å². The summed E-state index contributed by atoms with van der Waals surface area (Å²) in [6, 6.07) is 4.53. The molecular formula is C15H26N4OS. The largest absolute Gasteiger partial charge is 0.354 e. The van der Waals surface area contributed by atoms with Crippen molar-refractivity contribution in [3.63, 3.8) is 0 Å². The lowest BCUT2D eigenvalue weighted by Crippen LogP contribution is -2.42. The van der Waals surface area contributed by atoms with Crippen LogP contribution in [0.4, 0.5) is 0 Å². The molecule has 0 bridgehead atoms. The van der Waals surface area contributed by atoms with E-state index >= 15 is 0 Å². The highest BCUT2D eigenvalue weighted by Crippen LogP contribution is 2.14. The molecule has 0 saturated carbocycles. The van der Waals surface area contributed by atoms with Crippen molar-refractivity contribution in [1.82, 2.24) is 15.5 Å². The lowest BCUT2D eigenvalue weighted by atomic mass is 10.3. The summed E-state index contributed by atoms with van der Waals surface area (Å²) < 4.78 is 0. The third-order valence-corrected chi connectivity index (χ3v) is 4.09. The molecule has 0 aliphatic carbocycles. The van der Waals surface area contributed by atoms with Gasteiger partial charge in [-0.25, -0.2) is 4.99 Å². The van der Waals surface area contributed by atoms with E-state index in [9.17, 15) is 4.79 Å². The monoisotopic (exact) mass is 310 g/mol. The number of amides is 1. The van der Waals surface area contributed by atoms with Crippen molar-refractivity contribution < 1.29 is 4.79 Å². The summed E-state index contributed by atoms with van der Waals surface area (Å²) in [5.74, 6) is 0.679. The molecule has 0 saturated heterocycles. The maximum absolute atomic E-state index is 11.6. The molecule has 1 rings (SSSR count). The van der Waals surface area contributed by atoms with E-state index < -0.39 is 0 Å². The number of nitrogens with one attached hydrogen (secondary N) is 2. The first-order valence-electron chi connectivity index (χ1n) is 7.22. The number of carbonyl (C=O) groups excluding carboxylic acids is 1. The summed E-state index contributed by atoms with van der Waals surface area (Å²) in [6.07, 6.45) is 1.00.